The molecule has 0 radical (unpaired) electrons. The molecule has 11 rings (SSSR count). The van der Waals surface area contributed by atoms with Gasteiger partial charge in [0.2, 0.25) is 6.71 Å². The molecule has 0 atom stereocenters. The van der Waals surface area contributed by atoms with Crippen LogP contribution in [0.5, 0.6) is 0 Å². The minimum atomic E-state index is 0.0266. The zero-order valence-electron chi connectivity index (χ0n) is 31.2. The van der Waals surface area contributed by atoms with E-state index < -0.39 is 0 Å². The Morgan fingerprint density at radius 2 is 0.789 bits per heavy atom. The zero-order chi connectivity index (χ0) is 37.7. The molecule has 0 N–H and O–H groups in total. The van der Waals surface area contributed by atoms with E-state index in [9.17, 15) is 0 Å². The predicted molar refractivity (Wildman–Crippen MR) is 244 cm³/mol. The van der Waals surface area contributed by atoms with Crippen LogP contribution in [-0.2, 0) is 0 Å². The molecule has 2 aliphatic heterocycles. The summed E-state index contributed by atoms with van der Waals surface area (Å²) in [6, 6.07) is 80.3. The number of hydrogen-bond acceptors (Lipinski definition) is 2. The molecule has 2 aliphatic rings. The van der Waals surface area contributed by atoms with Gasteiger partial charge in [-0.2, -0.15) is 0 Å². The maximum absolute atomic E-state index is 2.60. The van der Waals surface area contributed by atoms with Crippen molar-refractivity contribution in [2.45, 2.75) is 9.79 Å². The lowest BCUT2D eigenvalue weighted by Crippen LogP contribution is -2.60. The van der Waals surface area contributed by atoms with Crippen molar-refractivity contribution in [3.8, 4) is 55.6 Å². The fourth-order valence-electron chi connectivity index (χ4n) is 8.90. The topological polar surface area (TPSA) is 3.24 Å². The summed E-state index contributed by atoms with van der Waals surface area (Å²) in [5.41, 5.74) is 19.7. The standard InChI is InChI=1S/C54H36BNS/c1-6-17-37(18-7-1)42-29-31-49-47(33-42)55-48-34-43(38-19-8-2-9-20-38)30-32-51(48)57-52-36-44(39-21-10-3-11-22-39)35-50(53(52)55)56(49)54-45(40-23-12-4-13-24-40)27-16-28-46(54)41-25-14-5-15-26-41/h1-36H. The quantitative estimate of drug-likeness (QED) is 0.156. The molecule has 0 aromatic heterocycles. The first-order valence-electron chi connectivity index (χ1n) is 19.6. The number of hydrogen-bond donors (Lipinski definition) is 0. The zero-order valence-corrected chi connectivity index (χ0v) is 32.0. The van der Waals surface area contributed by atoms with Gasteiger partial charge in [-0.25, -0.2) is 0 Å². The van der Waals surface area contributed by atoms with E-state index >= 15 is 0 Å². The minimum Gasteiger partial charge on any atom is -0.310 e. The summed E-state index contributed by atoms with van der Waals surface area (Å²) in [4.78, 5) is 5.21. The van der Waals surface area contributed by atoms with Gasteiger partial charge in [-0.1, -0.05) is 211 Å². The molecule has 0 aliphatic carbocycles. The van der Waals surface area contributed by atoms with E-state index in [4.69, 9.17) is 0 Å². The number of fused-ring (bicyclic) bond motifs is 4. The van der Waals surface area contributed by atoms with Crippen LogP contribution in [-0.4, -0.2) is 6.71 Å². The average Bonchev–Trinajstić information content (AvgIpc) is 3.30. The average molecular weight is 742 g/mol. The molecule has 9 aromatic carbocycles. The Morgan fingerprint density at radius 1 is 0.316 bits per heavy atom. The van der Waals surface area contributed by atoms with Crippen LogP contribution in [0.15, 0.2) is 228 Å². The highest BCUT2D eigenvalue weighted by molar-refractivity contribution is 8.00. The normalized spacial score (nSPS) is 12.4. The second-order valence-corrected chi connectivity index (χ2v) is 15.9. The molecule has 2 heterocycles. The second-order valence-electron chi connectivity index (χ2n) is 14.8. The van der Waals surface area contributed by atoms with Gasteiger partial charge in [-0.15, -0.1) is 0 Å². The van der Waals surface area contributed by atoms with E-state index in [1.54, 1.807) is 0 Å². The first-order valence-corrected chi connectivity index (χ1v) is 20.4. The third kappa shape index (κ3) is 5.82. The SMILES string of the molecule is c1ccc(-c2ccc3c(c2)B2c4cc(-c5ccccc5)ccc4N(c4c(-c5ccccc5)cccc4-c4ccccc4)c4cc(-c5ccccc5)cc(c42)S3)cc1. The van der Waals surface area contributed by atoms with Crippen molar-refractivity contribution in [3.05, 3.63) is 218 Å². The van der Waals surface area contributed by atoms with Gasteiger partial charge in [0.1, 0.15) is 0 Å². The first kappa shape index (κ1) is 33.5. The van der Waals surface area contributed by atoms with Gasteiger partial charge < -0.3 is 4.90 Å². The van der Waals surface area contributed by atoms with Crippen LogP contribution in [0.1, 0.15) is 0 Å². The van der Waals surface area contributed by atoms with Crippen LogP contribution in [0.4, 0.5) is 17.1 Å². The molecular weight excluding hydrogens is 705 g/mol. The lowest BCUT2D eigenvalue weighted by molar-refractivity contribution is 1.27. The smallest absolute Gasteiger partial charge is 0.249 e. The largest absolute Gasteiger partial charge is 0.310 e. The molecule has 0 fully saturated rings. The number of rotatable bonds is 6. The van der Waals surface area contributed by atoms with Gasteiger partial charge >= 0.3 is 0 Å². The number of benzene rings is 9. The Balaban J connectivity index is 1.26. The highest BCUT2D eigenvalue weighted by atomic mass is 32.2. The van der Waals surface area contributed by atoms with Crippen molar-refractivity contribution in [2.24, 2.45) is 0 Å². The molecule has 0 spiro atoms. The molecule has 0 saturated carbocycles. The fraction of sp³-hybridized carbons (Fsp3) is 0. The molecule has 57 heavy (non-hydrogen) atoms. The maximum Gasteiger partial charge on any atom is 0.249 e. The Kier molecular flexibility index (Phi) is 8.26. The summed E-state index contributed by atoms with van der Waals surface area (Å²) in [5, 5.41) is 0. The Morgan fingerprint density at radius 3 is 1.33 bits per heavy atom. The van der Waals surface area contributed by atoms with Crippen molar-refractivity contribution in [2.75, 3.05) is 4.90 Å². The molecular formula is C54H36BNS. The van der Waals surface area contributed by atoms with E-state index in [-0.39, 0.29) is 6.71 Å². The van der Waals surface area contributed by atoms with Crippen LogP contribution >= 0.6 is 11.8 Å². The van der Waals surface area contributed by atoms with E-state index in [2.05, 4.69) is 223 Å². The molecule has 0 saturated heterocycles. The van der Waals surface area contributed by atoms with Crippen molar-refractivity contribution in [3.63, 3.8) is 0 Å². The molecule has 0 bridgehead atoms. The van der Waals surface area contributed by atoms with Gasteiger partial charge in [0.05, 0.1) is 5.69 Å². The van der Waals surface area contributed by atoms with Gasteiger partial charge in [-0.05, 0) is 79.7 Å². The molecule has 266 valence electrons. The Hall–Kier alpha value is -6.81. The number of para-hydroxylation sites is 1. The lowest BCUT2D eigenvalue weighted by atomic mass is 9.34. The van der Waals surface area contributed by atoms with Gasteiger partial charge in [0.25, 0.3) is 0 Å². The van der Waals surface area contributed by atoms with Crippen LogP contribution in [0.3, 0.4) is 0 Å². The second kappa shape index (κ2) is 14.0. The molecule has 1 nitrogen and oxygen atoms in total. The monoisotopic (exact) mass is 741 g/mol. The third-order valence-corrected chi connectivity index (χ3v) is 12.7. The van der Waals surface area contributed by atoms with E-state index in [1.807, 2.05) is 11.8 Å². The predicted octanol–water partition coefficient (Wildman–Crippen LogP) is 12.8. The molecule has 3 heteroatoms. The van der Waals surface area contributed by atoms with Crippen LogP contribution in [0.2, 0.25) is 0 Å². The van der Waals surface area contributed by atoms with E-state index in [0.29, 0.717) is 0 Å². The van der Waals surface area contributed by atoms with E-state index in [0.717, 1.165) is 0 Å². The van der Waals surface area contributed by atoms with E-state index in [1.165, 1.54) is 98.9 Å². The van der Waals surface area contributed by atoms with Crippen LogP contribution < -0.4 is 21.3 Å². The molecule has 0 unspecified atom stereocenters. The van der Waals surface area contributed by atoms with Crippen LogP contribution in [0.25, 0.3) is 55.6 Å². The van der Waals surface area contributed by atoms with Gasteiger partial charge in [0.15, 0.2) is 0 Å². The minimum absolute atomic E-state index is 0.0266. The van der Waals surface area contributed by atoms with Crippen molar-refractivity contribution < 1.29 is 0 Å². The number of nitrogens with zero attached hydrogens (tertiary/aromatic N) is 1. The Bertz CT molecular complexity index is 2860. The highest BCUT2D eigenvalue weighted by Crippen LogP contribution is 2.50. The summed E-state index contributed by atoms with van der Waals surface area (Å²) in [6.45, 7) is 0.0266. The van der Waals surface area contributed by atoms with Gasteiger partial charge in [0, 0.05) is 32.3 Å². The summed E-state index contributed by atoms with van der Waals surface area (Å²) >= 11 is 1.91. The highest BCUT2D eigenvalue weighted by Gasteiger charge is 2.42. The maximum atomic E-state index is 2.60. The summed E-state index contributed by atoms with van der Waals surface area (Å²) in [6.07, 6.45) is 0. The van der Waals surface area contributed by atoms with Crippen molar-refractivity contribution in [1.29, 1.82) is 0 Å². The summed E-state index contributed by atoms with van der Waals surface area (Å²) in [5.74, 6) is 0. The summed E-state index contributed by atoms with van der Waals surface area (Å²) < 4.78 is 0. The lowest BCUT2D eigenvalue weighted by Gasteiger charge is -2.42. The van der Waals surface area contributed by atoms with Crippen LogP contribution in [0, 0.1) is 0 Å². The fourth-order valence-corrected chi connectivity index (χ4v) is 10.1. The third-order valence-electron chi connectivity index (χ3n) is 11.5. The molecule has 0 amide bonds. The summed E-state index contributed by atoms with van der Waals surface area (Å²) in [7, 11) is 0. The van der Waals surface area contributed by atoms with Crippen molar-refractivity contribution >= 4 is 51.9 Å². The van der Waals surface area contributed by atoms with Gasteiger partial charge in [-0.3, -0.25) is 0 Å². The van der Waals surface area contributed by atoms with Crippen molar-refractivity contribution in [1.82, 2.24) is 0 Å². The Labute approximate surface area is 339 Å². The first-order chi connectivity index (χ1) is 28.3. The number of anilines is 3. The molecule has 9 aromatic rings.